The van der Waals surface area contributed by atoms with E-state index in [0.29, 0.717) is 0 Å². The normalized spacial score (nSPS) is 36.4. The molecule has 1 saturated carbocycles. The molecule has 2 unspecified atom stereocenters. The van der Waals surface area contributed by atoms with Crippen molar-refractivity contribution in [2.24, 2.45) is 11.8 Å². The van der Waals surface area contributed by atoms with Gasteiger partial charge in [-0.2, -0.15) is 0 Å². The number of benzene rings is 1. The Hall–Kier alpha value is -0.800. The van der Waals surface area contributed by atoms with Crippen LogP contribution < -0.4 is 0 Å². The molecule has 2 nitrogen and oxygen atoms in total. The zero-order chi connectivity index (χ0) is 14.8. The number of hydrogen-bond donors (Lipinski definition) is 1. The molecule has 6 rings (SSSR count). The summed E-state index contributed by atoms with van der Waals surface area (Å²) in [6, 6.07) is 7.49. The molecule has 22 heavy (non-hydrogen) atoms. The Morgan fingerprint density at radius 2 is 2.23 bits per heavy atom. The fraction of sp³-hybridized carbons (Fsp3) is 0.579. The van der Waals surface area contributed by atoms with Crippen molar-refractivity contribution >= 4 is 26.8 Å². The smallest absolute Gasteiger partial charge is 0.0459 e. The Morgan fingerprint density at radius 1 is 1.32 bits per heavy atom. The third-order valence-corrected chi connectivity index (χ3v) is 6.97. The van der Waals surface area contributed by atoms with Gasteiger partial charge in [0.1, 0.15) is 0 Å². The summed E-state index contributed by atoms with van der Waals surface area (Å²) < 4.78 is 1.20. The van der Waals surface area contributed by atoms with Crippen molar-refractivity contribution in [2.75, 3.05) is 13.1 Å². The van der Waals surface area contributed by atoms with E-state index in [1.165, 1.54) is 54.1 Å². The fourth-order valence-electron chi connectivity index (χ4n) is 5.67. The Morgan fingerprint density at radius 3 is 3.09 bits per heavy atom. The van der Waals surface area contributed by atoms with Gasteiger partial charge in [0.05, 0.1) is 0 Å². The SMILES string of the molecule is CC[C@H]1C[C@H]2C[C@H]3c4[nH]c5ccc(Br)cc5c4CCN(C2)C13. The third-order valence-electron chi connectivity index (χ3n) is 6.48. The van der Waals surface area contributed by atoms with Crippen LogP contribution >= 0.6 is 15.9 Å². The average molecular weight is 359 g/mol. The number of aromatic amines is 1. The second-order valence-electron chi connectivity index (χ2n) is 7.55. The minimum Gasteiger partial charge on any atom is -0.358 e. The number of H-pyrrole nitrogens is 1. The van der Waals surface area contributed by atoms with Gasteiger partial charge in [0.25, 0.3) is 0 Å². The van der Waals surface area contributed by atoms with Crippen LogP contribution in [0.3, 0.4) is 0 Å². The van der Waals surface area contributed by atoms with Crippen molar-refractivity contribution in [3.05, 3.63) is 33.9 Å². The predicted molar refractivity (Wildman–Crippen MR) is 94.3 cm³/mol. The van der Waals surface area contributed by atoms with Crippen LogP contribution in [-0.2, 0) is 6.42 Å². The highest BCUT2D eigenvalue weighted by Crippen LogP contribution is 2.51. The van der Waals surface area contributed by atoms with Crippen LogP contribution in [0.25, 0.3) is 10.9 Å². The number of fused-ring (bicyclic) bond motifs is 4. The van der Waals surface area contributed by atoms with Gasteiger partial charge in [0, 0.05) is 46.1 Å². The van der Waals surface area contributed by atoms with Crippen LogP contribution in [0.4, 0.5) is 0 Å². The van der Waals surface area contributed by atoms with Gasteiger partial charge in [-0.1, -0.05) is 29.3 Å². The number of rotatable bonds is 1. The lowest BCUT2D eigenvalue weighted by atomic mass is 9.65. The molecule has 0 amide bonds. The summed E-state index contributed by atoms with van der Waals surface area (Å²) in [5.74, 6) is 2.56. The largest absolute Gasteiger partial charge is 0.358 e. The molecule has 3 fully saturated rings. The summed E-state index contributed by atoms with van der Waals surface area (Å²) in [5.41, 5.74) is 4.51. The highest BCUT2D eigenvalue weighted by Gasteiger charge is 2.48. The summed E-state index contributed by atoms with van der Waals surface area (Å²) in [4.78, 5) is 6.65. The molecule has 5 atom stereocenters. The van der Waals surface area contributed by atoms with Crippen LogP contribution in [0, 0.1) is 11.8 Å². The standard InChI is InChI=1S/C19H23BrN2/c1-2-12-7-11-8-16-18-14(5-6-22(10-11)19(12)16)15-9-13(20)3-4-17(15)21-18/h3-4,9,11-12,16,19,21H,2,5-8,10H2,1H3/t11-,12-,16-,19?/m0/s1. The topological polar surface area (TPSA) is 19.0 Å². The molecular weight excluding hydrogens is 336 g/mol. The molecular formula is C19H23BrN2. The van der Waals surface area contributed by atoms with Gasteiger partial charge in [-0.05, 0) is 54.9 Å². The minimum atomic E-state index is 0.737. The first-order valence-electron chi connectivity index (χ1n) is 8.78. The van der Waals surface area contributed by atoms with Gasteiger partial charge < -0.3 is 4.98 Å². The Labute approximate surface area is 140 Å². The van der Waals surface area contributed by atoms with Gasteiger partial charge in [0.15, 0.2) is 0 Å². The van der Waals surface area contributed by atoms with Crippen molar-refractivity contribution < 1.29 is 0 Å². The van der Waals surface area contributed by atoms with E-state index in [2.05, 4.69) is 50.9 Å². The van der Waals surface area contributed by atoms with Crippen LogP contribution in [0.5, 0.6) is 0 Å². The second kappa shape index (κ2) is 4.85. The number of nitrogens with zero attached hydrogens (tertiary/aromatic N) is 1. The van der Waals surface area contributed by atoms with Crippen LogP contribution in [0.15, 0.2) is 22.7 Å². The van der Waals surface area contributed by atoms with E-state index in [1.54, 1.807) is 11.3 Å². The first kappa shape index (κ1) is 13.6. The fourth-order valence-corrected chi connectivity index (χ4v) is 6.03. The lowest BCUT2D eigenvalue weighted by Gasteiger charge is -2.53. The lowest BCUT2D eigenvalue weighted by Crippen LogP contribution is -2.56. The number of piperidine rings is 2. The Bertz CT molecular complexity index is 734. The van der Waals surface area contributed by atoms with Crippen molar-refractivity contribution in [1.82, 2.24) is 9.88 Å². The Balaban J connectivity index is 1.69. The molecule has 3 heteroatoms. The average Bonchev–Trinajstić information content (AvgIpc) is 2.85. The Kier molecular flexibility index (Phi) is 3.00. The highest BCUT2D eigenvalue weighted by molar-refractivity contribution is 9.10. The van der Waals surface area contributed by atoms with Crippen LogP contribution in [-0.4, -0.2) is 29.0 Å². The van der Waals surface area contributed by atoms with Gasteiger partial charge in [-0.25, -0.2) is 0 Å². The van der Waals surface area contributed by atoms with E-state index < -0.39 is 0 Å². The monoisotopic (exact) mass is 358 g/mol. The number of nitrogens with one attached hydrogen (secondary N) is 1. The van der Waals surface area contributed by atoms with Gasteiger partial charge in [-0.15, -0.1) is 0 Å². The van der Waals surface area contributed by atoms with Crippen molar-refractivity contribution in [2.45, 2.75) is 44.6 Å². The lowest BCUT2D eigenvalue weighted by molar-refractivity contribution is -0.0134. The molecule has 2 saturated heterocycles. The molecule has 116 valence electrons. The maximum atomic E-state index is 3.82. The van der Waals surface area contributed by atoms with Crippen molar-refractivity contribution in [3.63, 3.8) is 0 Å². The van der Waals surface area contributed by atoms with E-state index in [-0.39, 0.29) is 0 Å². The quantitative estimate of drug-likeness (QED) is 0.783. The van der Waals surface area contributed by atoms with E-state index >= 15 is 0 Å². The number of halogens is 1. The molecule has 2 aromatic rings. The van der Waals surface area contributed by atoms with E-state index in [4.69, 9.17) is 0 Å². The predicted octanol–water partition coefficient (Wildman–Crippen LogP) is 4.69. The summed E-state index contributed by atoms with van der Waals surface area (Å²) in [6.45, 7) is 4.99. The highest BCUT2D eigenvalue weighted by atomic mass is 79.9. The first-order valence-corrected chi connectivity index (χ1v) is 9.58. The van der Waals surface area contributed by atoms with Crippen molar-refractivity contribution in [3.8, 4) is 0 Å². The number of hydrogen-bond acceptors (Lipinski definition) is 1. The van der Waals surface area contributed by atoms with Crippen molar-refractivity contribution in [1.29, 1.82) is 0 Å². The maximum absolute atomic E-state index is 3.82. The maximum Gasteiger partial charge on any atom is 0.0459 e. The van der Waals surface area contributed by atoms with Crippen LogP contribution in [0.1, 0.15) is 43.4 Å². The molecule has 0 spiro atoms. The van der Waals surface area contributed by atoms with Gasteiger partial charge in [0.2, 0.25) is 0 Å². The van der Waals surface area contributed by atoms with E-state index in [9.17, 15) is 0 Å². The third kappa shape index (κ3) is 1.81. The first-order chi connectivity index (χ1) is 10.7. The molecule has 4 aliphatic rings. The molecule has 1 N–H and O–H groups in total. The molecule has 4 heterocycles. The molecule has 1 aliphatic carbocycles. The molecule has 0 radical (unpaired) electrons. The van der Waals surface area contributed by atoms with Gasteiger partial charge in [-0.3, -0.25) is 4.90 Å². The second-order valence-corrected chi connectivity index (χ2v) is 8.47. The van der Waals surface area contributed by atoms with E-state index in [1.807, 2.05) is 0 Å². The zero-order valence-electron chi connectivity index (χ0n) is 13.1. The summed E-state index contributed by atoms with van der Waals surface area (Å²) in [5, 5.41) is 1.45. The summed E-state index contributed by atoms with van der Waals surface area (Å²) >= 11 is 3.65. The van der Waals surface area contributed by atoms with Gasteiger partial charge >= 0.3 is 0 Å². The molecule has 1 aromatic heterocycles. The minimum absolute atomic E-state index is 0.737. The van der Waals surface area contributed by atoms with E-state index in [0.717, 1.165) is 23.8 Å². The zero-order valence-corrected chi connectivity index (χ0v) is 14.7. The molecule has 1 aromatic carbocycles. The summed E-state index contributed by atoms with van der Waals surface area (Å²) in [7, 11) is 0. The van der Waals surface area contributed by atoms with Crippen LogP contribution in [0.2, 0.25) is 0 Å². The molecule has 3 aliphatic heterocycles. The number of aromatic nitrogens is 1. The summed E-state index contributed by atoms with van der Waals surface area (Å²) in [6.07, 6.45) is 5.42. The molecule has 4 bridgehead atoms.